The van der Waals surface area contributed by atoms with Crippen LogP contribution >= 0.6 is 11.6 Å². The van der Waals surface area contributed by atoms with Crippen LogP contribution in [0.2, 0.25) is 5.02 Å². The summed E-state index contributed by atoms with van der Waals surface area (Å²) < 4.78 is 11.2. The fourth-order valence-electron chi connectivity index (χ4n) is 3.90. The lowest BCUT2D eigenvalue weighted by Gasteiger charge is -2.26. The number of nitrogens with zero attached hydrogens (tertiary/aromatic N) is 1. The minimum Gasteiger partial charge on any atom is -0.497 e. The van der Waals surface area contributed by atoms with Crippen molar-refractivity contribution in [3.05, 3.63) is 58.6 Å². The van der Waals surface area contributed by atoms with Crippen LogP contribution in [0.5, 0.6) is 11.5 Å². The number of hydrogen-bond donors (Lipinski definition) is 2. The lowest BCUT2D eigenvalue weighted by Crippen LogP contribution is -2.48. The number of carbonyl (C=O) groups excluding carboxylic acids is 3. The van der Waals surface area contributed by atoms with Crippen LogP contribution in [0.3, 0.4) is 0 Å². The molecule has 0 bridgehead atoms. The van der Waals surface area contributed by atoms with Gasteiger partial charge >= 0.3 is 0 Å². The summed E-state index contributed by atoms with van der Waals surface area (Å²) in [4.78, 5) is 40.5. The highest BCUT2D eigenvalue weighted by atomic mass is 35.5. The number of ether oxygens (including phenoxy) is 2. The van der Waals surface area contributed by atoms with Gasteiger partial charge in [-0.2, -0.15) is 0 Å². The SMILES string of the molecule is COc1cccc(CC(=O)N2CCCCNC(=O)c3cc(Cl)ccc3OC[C@H](C(C)C)NC(=O)C2)c1. The molecule has 9 heteroatoms. The largest absolute Gasteiger partial charge is 0.497 e. The van der Waals surface area contributed by atoms with Gasteiger partial charge in [0.15, 0.2) is 0 Å². The number of halogens is 1. The molecule has 0 spiro atoms. The molecule has 0 saturated carbocycles. The number of nitrogens with one attached hydrogen (secondary N) is 2. The van der Waals surface area contributed by atoms with E-state index in [9.17, 15) is 14.4 Å². The molecule has 0 saturated heterocycles. The maximum atomic E-state index is 13.2. The van der Waals surface area contributed by atoms with E-state index < -0.39 is 0 Å². The minimum absolute atomic E-state index is 0.0510. The molecule has 1 atom stereocenters. The Hall–Kier alpha value is -3.26. The molecule has 0 fully saturated rings. The van der Waals surface area contributed by atoms with Crippen molar-refractivity contribution in [3.8, 4) is 11.5 Å². The standard InChI is InChI=1S/C27H34ClN3O5/c1-18(2)23-17-36-24-10-9-20(28)15-22(24)27(34)29-11-4-5-12-31(16-25(32)30-23)26(33)14-19-7-6-8-21(13-19)35-3/h6-10,13,15,18,23H,4-5,11-12,14,16-17H2,1-3H3,(H,29,34)(H,30,32)/t23-/m1/s1. The summed E-state index contributed by atoms with van der Waals surface area (Å²) in [5.74, 6) is 0.464. The summed E-state index contributed by atoms with van der Waals surface area (Å²) in [7, 11) is 1.58. The average Bonchev–Trinajstić information content (AvgIpc) is 2.85. The predicted octanol–water partition coefficient (Wildman–Crippen LogP) is 3.46. The highest BCUT2D eigenvalue weighted by molar-refractivity contribution is 6.31. The van der Waals surface area contributed by atoms with Crippen LogP contribution in [0.25, 0.3) is 0 Å². The summed E-state index contributed by atoms with van der Waals surface area (Å²) in [6, 6.07) is 11.9. The summed E-state index contributed by atoms with van der Waals surface area (Å²) in [6.45, 7) is 4.89. The van der Waals surface area contributed by atoms with Gasteiger partial charge in [-0.05, 0) is 54.7 Å². The normalized spacial score (nSPS) is 17.7. The second kappa shape index (κ2) is 13.2. The van der Waals surface area contributed by atoms with E-state index in [1.54, 1.807) is 30.2 Å². The third kappa shape index (κ3) is 7.88. The number of methoxy groups -OCH3 is 1. The molecule has 0 aliphatic carbocycles. The van der Waals surface area contributed by atoms with Crippen molar-refractivity contribution in [2.75, 3.05) is 33.4 Å². The Morgan fingerprint density at radius 3 is 2.75 bits per heavy atom. The van der Waals surface area contributed by atoms with Crippen molar-refractivity contribution in [2.45, 2.75) is 39.2 Å². The fourth-order valence-corrected chi connectivity index (χ4v) is 4.07. The Morgan fingerprint density at radius 2 is 2.00 bits per heavy atom. The van der Waals surface area contributed by atoms with Crippen LogP contribution in [0.15, 0.2) is 42.5 Å². The van der Waals surface area contributed by atoms with Gasteiger partial charge < -0.3 is 25.0 Å². The van der Waals surface area contributed by atoms with Gasteiger partial charge in [-0.25, -0.2) is 0 Å². The molecule has 0 aromatic heterocycles. The van der Waals surface area contributed by atoms with Crippen LogP contribution in [0.4, 0.5) is 0 Å². The summed E-state index contributed by atoms with van der Waals surface area (Å²) in [6.07, 6.45) is 1.43. The molecule has 36 heavy (non-hydrogen) atoms. The number of fused-ring (bicyclic) bond motifs is 1. The molecule has 8 nitrogen and oxygen atoms in total. The number of hydrogen-bond acceptors (Lipinski definition) is 5. The molecule has 1 aliphatic heterocycles. The molecule has 2 aromatic carbocycles. The van der Waals surface area contributed by atoms with Gasteiger partial charge in [-0.1, -0.05) is 37.6 Å². The first-order chi connectivity index (χ1) is 17.3. The van der Waals surface area contributed by atoms with E-state index in [0.717, 1.165) is 5.56 Å². The van der Waals surface area contributed by atoms with Crippen LogP contribution in [-0.4, -0.2) is 62.0 Å². The molecule has 1 aliphatic rings. The second-order valence-corrected chi connectivity index (χ2v) is 9.61. The first kappa shape index (κ1) is 27.3. The third-order valence-electron chi connectivity index (χ3n) is 6.07. The Kier molecular flexibility index (Phi) is 9.99. The highest BCUT2D eigenvalue weighted by Gasteiger charge is 2.23. The Morgan fingerprint density at radius 1 is 1.19 bits per heavy atom. The van der Waals surface area contributed by atoms with Gasteiger partial charge in [0.1, 0.15) is 18.1 Å². The van der Waals surface area contributed by atoms with Crippen molar-refractivity contribution in [3.63, 3.8) is 0 Å². The van der Waals surface area contributed by atoms with Crippen LogP contribution in [-0.2, 0) is 16.0 Å². The smallest absolute Gasteiger partial charge is 0.255 e. The van der Waals surface area contributed by atoms with E-state index in [1.165, 1.54) is 0 Å². The summed E-state index contributed by atoms with van der Waals surface area (Å²) in [5.41, 5.74) is 1.16. The van der Waals surface area contributed by atoms with Gasteiger partial charge in [0, 0.05) is 18.1 Å². The zero-order valence-corrected chi connectivity index (χ0v) is 21.8. The van der Waals surface area contributed by atoms with E-state index in [1.807, 2.05) is 38.1 Å². The molecule has 3 rings (SSSR count). The quantitative estimate of drug-likeness (QED) is 0.650. The maximum absolute atomic E-state index is 13.2. The van der Waals surface area contributed by atoms with Crippen molar-refractivity contribution in [1.82, 2.24) is 15.5 Å². The predicted molar refractivity (Wildman–Crippen MR) is 139 cm³/mol. The van der Waals surface area contributed by atoms with E-state index in [2.05, 4.69) is 10.6 Å². The van der Waals surface area contributed by atoms with Crippen LogP contribution in [0, 0.1) is 5.92 Å². The van der Waals surface area contributed by atoms with Gasteiger partial charge in [0.05, 0.1) is 31.7 Å². The Labute approximate surface area is 217 Å². The summed E-state index contributed by atoms with van der Waals surface area (Å²) >= 11 is 6.12. The first-order valence-electron chi connectivity index (χ1n) is 12.2. The lowest BCUT2D eigenvalue weighted by molar-refractivity contribution is -0.136. The lowest BCUT2D eigenvalue weighted by atomic mass is 10.1. The highest BCUT2D eigenvalue weighted by Crippen LogP contribution is 2.24. The van der Waals surface area contributed by atoms with Crippen LogP contribution in [0.1, 0.15) is 42.6 Å². The monoisotopic (exact) mass is 515 g/mol. The van der Waals surface area contributed by atoms with Gasteiger partial charge in [0.25, 0.3) is 5.91 Å². The Bertz CT molecular complexity index is 1080. The zero-order chi connectivity index (χ0) is 26.1. The molecular weight excluding hydrogens is 482 g/mol. The second-order valence-electron chi connectivity index (χ2n) is 9.18. The molecule has 194 valence electrons. The van der Waals surface area contributed by atoms with E-state index in [-0.39, 0.29) is 49.3 Å². The number of benzene rings is 2. The third-order valence-corrected chi connectivity index (χ3v) is 6.31. The van der Waals surface area contributed by atoms with Crippen molar-refractivity contribution in [2.24, 2.45) is 5.92 Å². The van der Waals surface area contributed by atoms with Crippen molar-refractivity contribution < 1.29 is 23.9 Å². The molecule has 0 radical (unpaired) electrons. The van der Waals surface area contributed by atoms with E-state index >= 15 is 0 Å². The van der Waals surface area contributed by atoms with Gasteiger partial charge in [-0.3, -0.25) is 14.4 Å². The van der Waals surface area contributed by atoms with Crippen molar-refractivity contribution in [1.29, 1.82) is 0 Å². The average molecular weight is 516 g/mol. The first-order valence-corrected chi connectivity index (χ1v) is 12.5. The summed E-state index contributed by atoms with van der Waals surface area (Å²) in [5, 5.41) is 6.33. The topological polar surface area (TPSA) is 97.0 Å². The van der Waals surface area contributed by atoms with Crippen molar-refractivity contribution >= 4 is 29.3 Å². The molecular formula is C27H34ClN3O5. The van der Waals surface area contributed by atoms with E-state index in [4.69, 9.17) is 21.1 Å². The van der Waals surface area contributed by atoms with Crippen LogP contribution < -0.4 is 20.1 Å². The number of rotatable bonds is 4. The molecule has 2 aromatic rings. The molecule has 2 N–H and O–H groups in total. The number of amides is 3. The Balaban J connectivity index is 1.77. The molecule has 1 heterocycles. The minimum atomic E-state index is -0.315. The number of carbonyl (C=O) groups is 3. The fraction of sp³-hybridized carbons (Fsp3) is 0.444. The maximum Gasteiger partial charge on any atom is 0.255 e. The zero-order valence-electron chi connectivity index (χ0n) is 21.0. The van der Waals surface area contributed by atoms with Gasteiger partial charge in [0.2, 0.25) is 11.8 Å². The van der Waals surface area contributed by atoms with E-state index in [0.29, 0.717) is 48.0 Å². The molecule has 0 unspecified atom stereocenters. The van der Waals surface area contributed by atoms with Gasteiger partial charge in [-0.15, -0.1) is 0 Å². The molecule has 3 amide bonds.